The lowest BCUT2D eigenvalue weighted by molar-refractivity contribution is -0.217. The molecule has 0 spiro atoms. The van der Waals surface area contributed by atoms with E-state index in [4.69, 9.17) is 11.6 Å². The van der Waals surface area contributed by atoms with Gasteiger partial charge in [0.1, 0.15) is 5.82 Å². The summed E-state index contributed by atoms with van der Waals surface area (Å²) in [6.45, 7) is -0.0407. The topological polar surface area (TPSA) is 74.7 Å². The number of aliphatic carboxylic acids is 1. The lowest BCUT2D eigenvalue weighted by Gasteiger charge is -2.70. The standard InChI is InChI=1S/C19H17ClFNO4S/c20-15-7-6-13(8-16(15)21)9-22(19-10-18(11-19,12-19)17(23)24)27(25,26)14-4-2-1-3-5-14/h1-8H,9-12H2,(H,23,24). The van der Waals surface area contributed by atoms with E-state index in [1.807, 2.05) is 0 Å². The summed E-state index contributed by atoms with van der Waals surface area (Å²) >= 11 is 5.72. The summed E-state index contributed by atoms with van der Waals surface area (Å²) in [6.07, 6.45) is 0.826. The predicted octanol–water partition coefficient (Wildman–Crippen LogP) is 3.68. The van der Waals surface area contributed by atoms with Gasteiger partial charge in [0.2, 0.25) is 10.0 Å². The molecule has 3 fully saturated rings. The second-order valence-electron chi connectivity index (χ2n) is 7.41. The monoisotopic (exact) mass is 409 g/mol. The summed E-state index contributed by atoms with van der Waals surface area (Å²) in [4.78, 5) is 11.6. The van der Waals surface area contributed by atoms with E-state index in [-0.39, 0.29) is 35.7 Å². The molecule has 0 heterocycles. The Hall–Kier alpha value is -1.96. The molecule has 27 heavy (non-hydrogen) atoms. The molecule has 0 unspecified atom stereocenters. The van der Waals surface area contributed by atoms with Gasteiger partial charge in [-0.05, 0) is 49.1 Å². The van der Waals surface area contributed by atoms with E-state index < -0.39 is 32.8 Å². The number of rotatable bonds is 6. The van der Waals surface area contributed by atoms with Gasteiger partial charge in [-0.3, -0.25) is 4.79 Å². The molecule has 2 bridgehead atoms. The smallest absolute Gasteiger partial charge is 0.309 e. The summed E-state index contributed by atoms with van der Waals surface area (Å²) in [5, 5.41) is 9.34. The Labute approximate surface area is 161 Å². The molecule has 0 amide bonds. The normalized spacial score (nSPS) is 26.3. The minimum absolute atomic E-state index is 0.0356. The molecule has 0 radical (unpaired) electrons. The average molecular weight is 410 g/mol. The van der Waals surface area contributed by atoms with Gasteiger partial charge in [0.05, 0.1) is 15.3 Å². The molecule has 142 valence electrons. The zero-order valence-electron chi connectivity index (χ0n) is 14.2. The van der Waals surface area contributed by atoms with Crippen molar-refractivity contribution in [3.8, 4) is 0 Å². The molecule has 0 aromatic heterocycles. The number of carboxylic acid groups (broad SMARTS) is 1. The molecule has 1 N–H and O–H groups in total. The Bertz CT molecular complexity index is 1010. The Balaban J connectivity index is 1.71. The van der Waals surface area contributed by atoms with Crippen LogP contribution in [0.25, 0.3) is 0 Å². The number of nitrogens with zero attached hydrogens (tertiary/aromatic N) is 1. The summed E-state index contributed by atoms with van der Waals surface area (Å²) in [6, 6.07) is 12.2. The third-order valence-corrected chi connectivity index (χ3v) is 7.90. The maximum Gasteiger partial charge on any atom is 0.309 e. The number of hydrogen-bond donors (Lipinski definition) is 1. The van der Waals surface area contributed by atoms with Crippen LogP contribution in [0.1, 0.15) is 24.8 Å². The van der Waals surface area contributed by atoms with Gasteiger partial charge in [-0.1, -0.05) is 35.9 Å². The lowest BCUT2D eigenvalue weighted by Crippen LogP contribution is -2.77. The maximum absolute atomic E-state index is 13.8. The van der Waals surface area contributed by atoms with Crippen LogP contribution in [-0.2, 0) is 21.4 Å². The van der Waals surface area contributed by atoms with Crippen LogP contribution in [0.3, 0.4) is 0 Å². The van der Waals surface area contributed by atoms with E-state index in [0.717, 1.165) is 0 Å². The first-order valence-electron chi connectivity index (χ1n) is 8.44. The number of halogens is 2. The van der Waals surface area contributed by atoms with Gasteiger partial charge in [0.25, 0.3) is 0 Å². The average Bonchev–Trinajstić information content (AvgIpc) is 2.55. The minimum atomic E-state index is -3.87. The molecule has 3 aliphatic rings. The fourth-order valence-corrected chi connectivity index (χ4v) is 6.15. The maximum atomic E-state index is 13.8. The number of hydrogen-bond acceptors (Lipinski definition) is 3. The number of sulfonamides is 1. The summed E-state index contributed by atoms with van der Waals surface area (Å²) in [5.74, 6) is -1.51. The summed E-state index contributed by atoms with van der Waals surface area (Å²) in [7, 11) is -3.87. The highest BCUT2D eigenvalue weighted by Gasteiger charge is 2.75. The Morgan fingerprint density at radius 1 is 1.15 bits per heavy atom. The second-order valence-corrected chi connectivity index (χ2v) is 9.68. The summed E-state index contributed by atoms with van der Waals surface area (Å²) < 4.78 is 41.7. The molecular formula is C19H17ClFNO4S. The first-order chi connectivity index (χ1) is 12.7. The lowest BCUT2D eigenvalue weighted by atomic mass is 9.39. The quantitative estimate of drug-likeness (QED) is 0.789. The highest BCUT2D eigenvalue weighted by Crippen LogP contribution is 2.70. The molecule has 3 saturated carbocycles. The van der Waals surface area contributed by atoms with Crippen molar-refractivity contribution >= 4 is 27.6 Å². The van der Waals surface area contributed by atoms with Gasteiger partial charge >= 0.3 is 5.97 Å². The second kappa shape index (κ2) is 6.02. The molecular weight excluding hydrogens is 393 g/mol. The SMILES string of the molecule is O=C(O)C12CC(N(Cc3ccc(Cl)c(F)c3)S(=O)(=O)c3ccccc3)(C1)C2. The van der Waals surface area contributed by atoms with E-state index >= 15 is 0 Å². The van der Waals surface area contributed by atoms with Gasteiger partial charge in [0, 0.05) is 12.1 Å². The minimum Gasteiger partial charge on any atom is -0.481 e. The molecule has 2 aromatic carbocycles. The van der Waals surface area contributed by atoms with Gasteiger partial charge < -0.3 is 5.11 Å². The van der Waals surface area contributed by atoms with Crippen molar-refractivity contribution in [2.45, 2.75) is 36.2 Å². The summed E-state index contributed by atoms with van der Waals surface area (Å²) in [5.41, 5.74) is -1.09. The van der Waals surface area contributed by atoms with E-state index in [1.54, 1.807) is 24.3 Å². The van der Waals surface area contributed by atoms with Crippen molar-refractivity contribution in [3.63, 3.8) is 0 Å². The molecule has 0 atom stereocenters. The molecule has 5 nitrogen and oxygen atoms in total. The number of carbonyl (C=O) groups is 1. The van der Waals surface area contributed by atoms with Crippen molar-refractivity contribution in [2.24, 2.45) is 5.41 Å². The first-order valence-corrected chi connectivity index (χ1v) is 10.3. The number of benzene rings is 2. The van der Waals surface area contributed by atoms with Gasteiger partial charge in [-0.25, -0.2) is 12.8 Å². The Morgan fingerprint density at radius 2 is 1.78 bits per heavy atom. The van der Waals surface area contributed by atoms with Crippen molar-refractivity contribution in [1.82, 2.24) is 4.31 Å². The highest BCUT2D eigenvalue weighted by molar-refractivity contribution is 7.89. The Kier molecular flexibility index (Phi) is 4.10. The van der Waals surface area contributed by atoms with Crippen LogP contribution in [0.2, 0.25) is 5.02 Å². The van der Waals surface area contributed by atoms with Crippen molar-refractivity contribution in [3.05, 3.63) is 64.9 Å². The molecule has 2 aromatic rings. The third-order valence-electron chi connectivity index (χ3n) is 5.63. The predicted molar refractivity (Wildman–Crippen MR) is 97.2 cm³/mol. The Morgan fingerprint density at radius 3 is 2.33 bits per heavy atom. The number of carboxylic acids is 1. The van der Waals surface area contributed by atoms with E-state index in [0.29, 0.717) is 5.56 Å². The van der Waals surface area contributed by atoms with E-state index in [9.17, 15) is 22.7 Å². The molecule has 0 aliphatic heterocycles. The third kappa shape index (κ3) is 2.76. The molecule has 5 rings (SSSR count). The van der Waals surface area contributed by atoms with Crippen molar-refractivity contribution in [2.75, 3.05) is 0 Å². The van der Waals surface area contributed by atoms with Crippen LogP contribution in [0.5, 0.6) is 0 Å². The van der Waals surface area contributed by atoms with Crippen LogP contribution >= 0.6 is 11.6 Å². The van der Waals surface area contributed by atoms with Gasteiger partial charge in [-0.2, -0.15) is 4.31 Å². The van der Waals surface area contributed by atoms with Crippen LogP contribution in [0, 0.1) is 11.2 Å². The highest BCUT2D eigenvalue weighted by atomic mass is 35.5. The molecule has 8 heteroatoms. The van der Waals surface area contributed by atoms with Crippen LogP contribution < -0.4 is 0 Å². The first kappa shape index (κ1) is 18.4. The van der Waals surface area contributed by atoms with Crippen LogP contribution in [-0.4, -0.2) is 29.3 Å². The van der Waals surface area contributed by atoms with Crippen molar-refractivity contribution < 1.29 is 22.7 Å². The fraction of sp³-hybridized carbons (Fsp3) is 0.316. The molecule has 3 aliphatic carbocycles. The largest absolute Gasteiger partial charge is 0.481 e. The molecule has 0 saturated heterocycles. The van der Waals surface area contributed by atoms with Crippen molar-refractivity contribution in [1.29, 1.82) is 0 Å². The van der Waals surface area contributed by atoms with Crippen LogP contribution in [0.4, 0.5) is 4.39 Å². The van der Waals surface area contributed by atoms with Crippen LogP contribution in [0.15, 0.2) is 53.4 Å². The van der Waals surface area contributed by atoms with E-state index in [1.165, 1.54) is 28.6 Å². The van der Waals surface area contributed by atoms with Gasteiger partial charge in [0.15, 0.2) is 0 Å². The zero-order valence-corrected chi connectivity index (χ0v) is 15.8. The fourth-order valence-electron chi connectivity index (χ4n) is 4.26. The zero-order chi connectivity index (χ0) is 19.4. The van der Waals surface area contributed by atoms with E-state index in [2.05, 4.69) is 0 Å². The van der Waals surface area contributed by atoms with Gasteiger partial charge in [-0.15, -0.1) is 0 Å².